The molecule has 0 aliphatic rings. The van der Waals surface area contributed by atoms with E-state index in [4.69, 9.17) is 0 Å². The number of rotatable bonds is 2. The second kappa shape index (κ2) is 3.25. The average Bonchev–Trinajstić information content (AvgIpc) is 1.96. The van der Waals surface area contributed by atoms with Crippen LogP contribution in [0.15, 0.2) is 15.7 Å². The van der Waals surface area contributed by atoms with E-state index in [0.717, 1.165) is 10.6 Å². The maximum Gasteiger partial charge on any atom is 0.327 e. The van der Waals surface area contributed by atoms with Crippen molar-refractivity contribution in [3.63, 3.8) is 0 Å². The zero-order valence-electron chi connectivity index (χ0n) is 6.66. The molecule has 0 saturated heterocycles. The van der Waals surface area contributed by atoms with E-state index in [2.05, 4.69) is 0 Å². The van der Waals surface area contributed by atoms with Crippen LogP contribution in [0.4, 0.5) is 0 Å². The van der Waals surface area contributed by atoms with Gasteiger partial charge < -0.3 is 9.67 Å². The molecule has 66 valence electrons. The highest BCUT2D eigenvalue weighted by Gasteiger charge is 1.95. The van der Waals surface area contributed by atoms with Crippen LogP contribution in [0, 0.1) is 0 Å². The number of aromatic amines is 1. The summed E-state index contributed by atoms with van der Waals surface area (Å²) in [6.07, 6.45) is 0.682. The van der Waals surface area contributed by atoms with Crippen LogP contribution >= 0.6 is 0 Å². The van der Waals surface area contributed by atoms with Crippen LogP contribution in [0.5, 0.6) is 5.88 Å². The lowest BCUT2D eigenvalue weighted by Crippen LogP contribution is -2.31. The highest BCUT2D eigenvalue weighted by molar-refractivity contribution is 5.03. The van der Waals surface area contributed by atoms with Gasteiger partial charge in [-0.2, -0.15) is 0 Å². The topological polar surface area (TPSA) is 77.9 Å². The van der Waals surface area contributed by atoms with Crippen LogP contribution in [-0.2, 0) is 6.54 Å². The van der Waals surface area contributed by atoms with Gasteiger partial charge in [-0.3, -0.25) is 9.78 Å². The Balaban J connectivity index is 3.29. The lowest BCUT2D eigenvalue weighted by molar-refractivity contribution is -0.280. The van der Waals surface area contributed by atoms with Crippen LogP contribution in [0.3, 0.4) is 0 Å². The van der Waals surface area contributed by atoms with Gasteiger partial charge in [-0.05, 0) is 12.3 Å². The third kappa shape index (κ3) is 1.55. The number of aromatic nitrogens is 2. The van der Waals surface area contributed by atoms with Gasteiger partial charge in [0.15, 0.2) is 0 Å². The van der Waals surface area contributed by atoms with Gasteiger partial charge >= 0.3 is 5.69 Å². The number of H-pyrrole nitrogens is 1. The molecule has 0 unspecified atom stereocenters. The Bertz CT molecular complexity index is 377. The molecule has 1 heterocycles. The minimum absolute atomic E-state index is 0.342. The Labute approximate surface area is 68.3 Å². The fourth-order valence-corrected chi connectivity index (χ4v) is 0.934. The average molecular weight is 169 g/mol. The van der Waals surface area contributed by atoms with Crippen molar-refractivity contribution in [1.29, 1.82) is 0 Å². The summed E-state index contributed by atoms with van der Waals surface area (Å²) in [5, 5.41) is 11.0. The highest BCUT2D eigenvalue weighted by Crippen LogP contribution is 1.95. The Morgan fingerprint density at radius 1 is 1.58 bits per heavy atom. The summed E-state index contributed by atoms with van der Waals surface area (Å²) in [7, 11) is 0. The molecule has 1 N–H and O–H groups in total. The minimum Gasteiger partial charge on any atom is -0.860 e. The van der Waals surface area contributed by atoms with E-state index in [0.29, 0.717) is 13.0 Å². The van der Waals surface area contributed by atoms with Gasteiger partial charge in [0.25, 0.3) is 5.56 Å². The van der Waals surface area contributed by atoms with E-state index in [-0.39, 0.29) is 0 Å². The fourth-order valence-electron chi connectivity index (χ4n) is 0.934. The van der Waals surface area contributed by atoms with Gasteiger partial charge in [-0.15, -0.1) is 0 Å². The van der Waals surface area contributed by atoms with E-state index < -0.39 is 17.1 Å². The maximum absolute atomic E-state index is 11.0. The number of hydrogen-bond donors (Lipinski definition) is 1. The first-order valence-electron chi connectivity index (χ1n) is 3.66. The lowest BCUT2D eigenvalue weighted by atomic mass is 10.4. The molecule has 5 nitrogen and oxygen atoms in total. The standard InChI is InChI=1S/C7H10N2O3/c1-2-3-9-6(11)4-5(10)8-7(9)12/h4,11H,2-3H2,1H3,(H,8,10,12)/p-1. The third-order valence-corrected chi connectivity index (χ3v) is 1.44. The van der Waals surface area contributed by atoms with Crippen LogP contribution < -0.4 is 16.4 Å². The Morgan fingerprint density at radius 2 is 2.25 bits per heavy atom. The first-order valence-corrected chi connectivity index (χ1v) is 3.66. The van der Waals surface area contributed by atoms with Crippen LogP contribution in [0.1, 0.15) is 13.3 Å². The summed E-state index contributed by atoms with van der Waals surface area (Å²) in [6, 6.07) is 0.872. The summed E-state index contributed by atoms with van der Waals surface area (Å²) in [6.45, 7) is 2.19. The third-order valence-electron chi connectivity index (χ3n) is 1.44. The molecule has 1 aromatic rings. The number of hydrogen-bond acceptors (Lipinski definition) is 3. The Hall–Kier alpha value is -1.52. The first kappa shape index (κ1) is 8.58. The van der Waals surface area contributed by atoms with Crippen molar-refractivity contribution in [1.82, 2.24) is 9.55 Å². The molecule has 0 bridgehead atoms. The molecule has 0 aromatic carbocycles. The van der Waals surface area contributed by atoms with Gasteiger partial charge in [-0.25, -0.2) is 4.79 Å². The Morgan fingerprint density at radius 3 is 2.75 bits per heavy atom. The van der Waals surface area contributed by atoms with Crippen molar-refractivity contribution < 1.29 is 5.11 Å². The van der Waals surface area contributed by atoms with Gasteiger partial charge in [0.1, 0.15) is 0 Å². The van der Waals surface area contributed by atoms with Gasteiger partial charge in [0, 0.05) is 12.6 Å². The SMILES string of the molecule is CCCn1c([O-])cc(=O)[nH]c1=O. The first-order chi connectivity index (χ1) is 5.65. The molecular formula is C7H9N2O3-. The molecule has 0 spiro atoms. The summed E-state index contributed by atoms with van der Waals surface area (Å²) in [5.41, 5.74) is -1.27. The molecular weight excluding hydrogens is 160 g/mol. The smallest absolute Gasteiger partial charge is 0.327 e. The monoisotopic (exact) mass is 169 g/mol. The minimum atomic E-state index is -0.641. The molecule has 0 saturated carbocycles. The van der Waals surface area contributed by atoms with Crippen molar-refractivity contribution in [2.75, 3.05) is 0 Å². The summed E-state index contributed by atoms with van der Waals surface area (Å²) >= 11 is 0. The summed E-state index contributed by atoms with van der Waals surface area (Å²) in [5.74, 6) is -0.536. The normalized spacial score (nSPS) is 10.1. The van der Waals surface area contributed by atoms with Crippen LogP contribution in [0.2, 0.25) is 0 Å². The largest absolute Gasteiger partial charge is 0.860 e. The predicted octanol–water partition coefficient (Wildman–Crippen LogP) is -0.980. The highest BCUT2D eigenvalue weighted by atomic mass is 16.3. The van der Waals surface area contributed by atoms with Crippen molar-refractivity contribution in [3.05, 3.63) is 26.9 Å². The second-order valence-electron chi connectivity index (χ2n) is 2.43. The molecule has 5 heteroatoms. The molecule has 0 atom stereocenters. The van der Waals surface area contributed by atoms with E-state index in [9.17, 15) is 14.7 Å². The zero-order valence-corrected chi connectivity index (χ0v) is 6.66. The number of nitrogens with zero attached hydrogens (tertiary/aromatic N) is 1. The molecule has 12 heavy (non-hydrogen) atoms. The van der Waals surface area contributed by atoms with Crippen molar-refractivity contribution >= 4 is 0 Å². The van der Waals surface area contributed by atoms with E-state index in [1.807, 2.05) is 11.9 Å². The van der Waals surface area contributed by atoms with Gasteiger partial charge in [0.05, 0.1) is 0 Å². The summed E-state index contributed by atoms with van der Waals surface area (Å²) in [4.78, 5) is 23.6. The fraction of sp³-hybridized carbons (Fsp3) is 0.429. The maximum atomic E-state index is 11.0. The summed E-state index contributed by atoms with van der Waals surface area (Å²) < 4.78 is 1.00. The van der Waals surface area contributed by atoms with Crippen molar-refractivity contribution in [3.8, 4) is 5.88 Å². The van der Waals surface area contributed by atoms with Gasteiger partial charge in [0.2, 0.25) is 0 Å². The van der Waals surface area contributed by atoms with Crippen LogP contribution in [0.25, 0.3) is 0 Å². The lowest BCUT2D eigenvalue weighted by Gasteiger charge is -2.13. The van der Waals surface area contributed by atoms with Gasteiger partial charge in [-0.1, -0.05) is 6.92 Å². The second-order valence-corrected chi connectivity index (χ2v) is 2.43. The molecule has 0 aliphatic carbocycles. The molecule has 0 amide bonds. The molecule has 0 radical (unpaired) electrons. The molecule has 0 aliphatic heterocycles. The van der Waals surface area contributed by atoms with E-state index in [1.165, 1.54) is 0 Å². The Kier molecular flexibility index (Phi) is 2.32. The van der Waals surface area contributed by atoms with Crippen LogP contribution in [-0.4, -0.2) is 9.55 Å². The van der Waals surface area contributed by atoms with E-state index >= 15 is 0 Å². The van der Waals surface area contributed by atoms with Crippen molar-refractivity contribution in [2.45, 2.75) is 19.9 Å². The van der Waals surface area contributed by atoms with E-state index in [1.54, 1.807) is 0 Å². The molecule has 0 fully saturated rings. The molecule has 1 rings (SSSR count). The van der Waals surface area contributed by atoms with Crippen molar-refractivity contribution in [2.24, 2.45) is 0 Å². The predicted molar refractivity (Wildman–Crippen MR) is 41.1 cm³/mol. The molecule has 1 aromatic heterocycles. The quantitative estimate of drug-likeness (QED) is 0.618. The zero-order chi connectivity index (χ0) is 9.14. The number of nitrogens with one attached hydrogen (secondary N) is 1.